The molecule has 0 saturated heterocycles. The minimum Gasteiger partial charge on any atom is -0.477 e. The Balaban J connectivity index is 2.30. The van der Waals surface area contributed by atoms with Gasteiger partial charge in [0.15, 0.2) is 0 Å². The van der Waals surface area contributed by atoms with Crippen LogP contribution in [0.15, 0.2) is 28.7 Å². The first-order chi connectivity index (χ1) is 9.38. The molecule has 2 rings (SSSR count). The summed E-state index contributed by atoms with van der Waals surface area (Å²) in [7, 11) is 0. The summed E-state index contributed by atoms with van der Waals surface area (Å²) >= 11 is 9.05. The molecular formula is C13H10BrClN2O3. The predicted octanol–water partition coefficient (Wildman–Crippen LogP) is 3.69. The van der Waals surface area contributed by atoms with Gasteiger partial charge in [-0.1, -0.05) is 11.6 Å². The molecule has 1 heterocycles. The monoisotopic (exact) mass is 356 g/mol. The average molecular weight is 358 g/mol. The van der Waals surface area contributed by atoms with Gasteiger partial charge in [0.25, 0.3) is 5.91 Å². The molecule has 7 heteroatoms. The number of aromatic amines is 1. The lowest BCUT2D eigenvalue weighted by atomic mass is 10.2. The van der Waals surface area contributed by atoms with Crippen LogP contribution in [0.1, 0.15) is 26.5 Å². The number of aryl methyl sites for hydroxylation is 1. The second-order valence-electron chi connectivity index (χ2n) is 4.12. The molecule has 1 aromatic carbocycles. The van der Waals surface area contributed by atoms with Crippen molar-refractivity contribution in [1.29, 1.82) is 0 Å². The van der Waals surface area contributed by atoms with Crippen molar-refractivity contribution in [3.63, 3.8) is 0 Å². The van der Waals surface area contributed by atoms with Crippen molar-refractivity contribution in [3.8, 4) is 0 Å². The molecule has 0 aliphatic rings. The van der Waals surface area contributed by atoms with Gasteiger partial charge in [0.05, 0.1) is 11.3 Å². The molecule has 0 fully saturated rings. The largest absolute Gasteiger partial charge is 0.477 e. The maximum atomic E-state index is 12.1. The predicted molar refractivity (Wildman–Crippen MR) is 79.6 cm³/mol. The number of carbonyl (C=O) groups is 2. The number of hydrogen-bond donors (Lipinski definition) is 3. The van der Waals surface area contributed by atoms with Crippen LogP contribution in [-0.2, 0) is 0 Å². The van der Waals surface area contributed by atoms with E-state index in [1.165, 1.54) is 0 Å². The van der Waals surface area contributed by atoms with Crippen molar-refractivity contribution < 1.29 is 14.7 Å². The van der Waals surface area contributed by atoms with Crippen LogP contribution >= 0.6 is 27.5 Å². The standard InChI is InChI=1S/C13H10BrClN2O3/c1-6-4-10(11(16-6)13(19)20)17-12(18)8-3-2-7(15)5-9(8)14/h2-5,16H,1H3,(H,17,18)(H,19,20). The highest BCUT2D eigenvalue weighted by atomic mass is 79.9. The fourth-order valence-corrected chi connectivity index (χ4v) is 2.58. The van der Waals surface area contributed by atoms with Crippen LogP contribution in [-0.4, -0.2) is 22.0 Å². The SMILES string of the molecule is Cc1cc(NC(=O)c2ccc(Cl)cc2Br)c(C(=O)O)[nH]1. The molecule has 3 N–H and O–H groups in total. The van der Waals surface area contributed by atoms with E-state index in [4.69, 9.17) is 16.7 Å². The molecule has 0 bridgehead atoms. The molecule has 1 amide bonds. The molecule has 0 saturated carbocycles. The van der Waals surface area contributed by atoms with Crippen LogP contribution in [0, 0.1) is 6.92 Å². The van der Waals surface area contributed by atoms with E-state index in [1.54, 1.807) is 31.2 Å². The highest BCUT2D eigenvalue weighted by Crippen LogP contribution is 2.24. The van der Waals surface area contributed by atoms with Crippen molar-refractivity contribution in [3.05, 3.63) is 50.7 Å². The van der Waals surface area contributed by atoms with Gasteiger partial charge in [0.1, 0.15) is 5.69 Å². The van der Waals surface area contributed by atoms with Crippen molar-refractivity contribution >= 4 is 45.1 Å². The quantitative estimate of drug-likeness (QED) is 0.783. The lowest BCUT2D eigenvalue weighted by Gasteiger charge is -2.06. The summed E-state index contributed by atoms with van der Waals surface area (Å²) in [5, 5.41) is 12.1. The number of rotatable bonds is 3. The van der Waals surface area contributed by atoms with Crippen LogP contribution < -0.4 is 5.32 Å². The van der Waals surface area contributed by atoms with Gasteiger partial charge in [-0.15, -0.1) is 0 Å². The molecule has 2 aromatic rings. The Bertz CT molecular complexity index is 697. The second-order valence-corrected chi connectivity index (χ2v) is 5.42. The molecule has 5 nitrogen and oxygen atoms in total. The Kier molecular flexibility index (Phi) is 4.15. The number of anilines is 1. The Morgan fingerprint density at radius 1 is 1.35 bits per heavy atom. The van der Waals surface area contributed by atoms with Gasteiger partial charge < -0.3 is 15.4 Å². The van der Waals surface area contributed by atoms with Gasteiger partial charge in [-0.25, -0.2) is 4.79 Å². The van der Waals surface area contributed by atoms with Crippen molar-refractivity contribution in [1.82, 2.24) is 4.98 Å². The van der Waals surface area contributed by atoms with E-state index in [0.29, 0.717) is 20.8 Å². The molecule has 0 spiro atoms. The molecule has 0 atom stereocenters. The molecule has 20 heavy (non-hydrogen) atoms. The third kappa shape index (κ3) is 3.02. The summed E-state index contributed by atoms with van der Waals surface area (Å²) < 4.78 is 0.534. The number of hydrogen-bond acceptors (Lipinski definition) is 2. The molecule has 1 aromatic heterocycles. The maximum Gasteiger partial charge on any atom is 0.354 e. The zero-order valence-electron chi connectivity index (χ0n) is 10.3. The number of carboxylic acids is 1. The Hall–Kier alpha value is -1.79. The molecular weight excluding hydrogens is 348 g/mol. The van der Waals surface area contributed by atoms with E-state index in [9.17, 15) is 9.59 Å². The summed E-state index contributed by atoms with van der Waals surface area (Å²) in [5.41, 5.74) is 1.18. The van der Waals surface area contributed by atoms with Crippen molar-refractivity contribution in [2.24, 2.45) is 0 Å². The zero-order valence-corrected chi connectivity index (χ0v) is 12.7. The van der Waals surface area contributed by atoms with Crippen LogP contribution in [0.5, 0.6) is 0 Å². The van der Waals surface area contributed by atoms with E-state index in [1.807, 2.05) is 0 Å². The number of carboxylic acid groups (broad SMARTS) is 1. The first-order valence-electron chi connectivity index (χ1n) is 5.58. The van der Waals surface area contributed by atoms with E-state index in [2.05, 4.69) is 26.2 Å². The minimum absolute atomic E-state index is 0.0547. The lowest BCUT2D eigenvalue weighted by Crippen LogP contribution is -2.14. The fraction of sp³-hybridized carbons (Fsp3) is 0.0769. The summed E-state index contributed by atoms with van der Waals surface area (Å²) in [6.07, 6.45) is 0. The lowest BCUT2D eigenvalue weighted by molar-refractivity contribution is 0.0692. The van der Waals surface area contributed by atoms with Crippen LogP contribution in [0.25, 0.3) is 0 Å². The minimum atomic E-state index is -1.14. The number of benzene rings is 1. The third-order valence-electron chi connectivity index (χ3n) is 2.59. The first kappa shape index (κ1) is 14.6. The van der Waals surface area contributed by atoms with Gasteiger partial charge in [-0.05, 0) is 47.1 Å². The number of carbonyl (C=O) groups excluding carboxylic acids is 1. The van der Waals surface area contributed by atoms with Crippen molar-refractivity contribution in [2.75, 3.05) is 5.32 Å². The number of aromatic carboxylic acids is 1. The molecule has 0 unspecified atom stereocenters. The Morgan fingerprint density at radius 3 is 2.65 bits per heavy atom. The molecule has 0 aliphatic heterocycles. The summed E-state index contributed by atoms with van der Waals surface area (Å²) in [6, 6.07) is 6.30. The maximum absolute atomic E-state index is 12.1. The van der Waals surface area contributed by atoms with E-state index in [-0.39, 0.29) is 11.4 Å². The number of halogens is 2. The highest BCUT2D eigenvalue weighted by Gasteiger charge is 2.17. The Morgan fingerprint density at radius 2 is 2.05 bits per heavy atom. The third-order valence-corrected chi connectivity index (χ3v) is 3.48. The topological polar surface area (TPSA) is 82.2 Å². The van der Waals surface area contributed by atoms with Crippen molar-refractivity contribution in [2.45, 2.75) is 6.92 Å². The van der Waals surface area contributed by atoms with Crippen LogP contribution in [0.2, 0.25) is 5.02 Å². The highest BCUT2D eigenvalue weighted by molar-refractivity contribution is 9.10. The van der Waals surface area contributed by atoms with E-state index < -0.39 is 11.9 Å². The fourth-order valence-electron chi connectivity index (χ4n) is 1.72. The number of aromatic nitrogens is 1. The van der Waals surface area contributed by atoms with E-state index in [0.717, 1.165) is 0 Å². The van der Waals surface area contributed by atoms with Gasteiger partial charge in [0, 0.05) is 15.2 Å². The van der Waals surface area contributed by atoms with Gasteiger partial charge >= 0.3 is 5.97 Å². The number of amides is 1. The first-order valence-corrected chi connectivity index (χ1v) is 6.75. The van der Waals surface area contributed by atoms with Crippen LogP contribution in [0.4, 0.5) is 5.69 Å². The van der Waals surface area contributed by atoms with Gasteiger partial charge in [-0.2, -0.15) is 0 Å². The summed E-state index contributed by atoms with van der Waals surface area (Å²) in [4.78, 5) is 25.9. The number of H-pyrrole nitrogens is 1. The zero-order chi connectivity index (χ0) is 14.9. The molecule has 104 valence electrons. The average Bonchev–Trinajstić information content (AvgIpc) is 2.70. The van der Waals surface area contributed by atoms with Crippen LogP contribution in [0.3, 0.4) is 0 Å². The van der Waals surface area contributed by atoms with Gasteiger partial charge in [-0.3, -0.25) is 4.79 Å². The van der Waals surface area contributed by atoms with E-state index >= 15 is 0 Å². The summed E-state index contributed by atoms with van der Waals surface area (Å²) in [5.74, 6) is -1.56. The molecule has 0 aliphatic carbocycles. The Labute approximate surface area is 128 Å². The molecule has 0 radical (unpaired) electrons. The number of nitrogens with one attached hydrogen (secondary N) is 2. The smallest absolute Gasteiger partial charge is 0.354 e. The second kappa shape index (κ2) is 5.68. The normalized spacial score (nSPS) is 10.3. The summed E-state index contributed by atoms with van der Waals surface area (Å²) in [6.45, 7) is 1.71. The van der Waals surface area contributed by atoms with Gasteiger partial charge in [0.2, 0.25) is 0 Å².